The van der Waals surface area contributed by atoms with Crippen LogP contribution in [0.15, 0.2) is 5.11 Å². The number of alkyl halides is 1. The van der Waals surface area contributed by atoms with Gasteiger partial charge in [-0.2, -0.15) is 0 Å². The molecule has 2 heterocycles. The van der Waals surface area contributed by atoms with E-state index < -0.39 is 30.5 Å². The van der Waals surface area contributed by atoms with Crippen LogP contribution in [0.1, 0.15) is 13.8 Å². The molecule has 0 unspecified atom stereocenters. The van der Waals surface area contributed by atoms with Crippen molar-refractivity contribution in [1.82, 2.24) is 0 Å². The zero-order valence-electron chi connectivity index (χ0n) is 8.46. The Morgan fingerprint density at radius 2 is 2.07 bits per heavy atom. The van der Waals surface area contributed by atoms with E-state index in [0.29, 0.717) is 0 Å². The van der Waals surface area contributed by atoms with Crippen LogP contribution < -0.4 is 0 Å². The minimum Gasteiger partial charge on any atom is -0.342 e. The van der Waals surface area contributed by atoms with E-state index in [9.17, 15) is 4.39 Å². The van der Waals surface area contributed by atoms with Crippen molar-refractivity contribution in [2.75, 3.05) is 6.54 Å². The molecule has 0 radical (unpaired) electrons. The molecule has 2 rings (SSSR count). The second kappa shape index (κ2) is 3.61. The summed E-state index contributed by atoms with van der Waals surface area (Å²) in [5, 5.41) is 3.35. The van der Waals surface area contributed by atoms with Gasteiger partial charge in [-0.15, -0.1) is 0 Å². The van der Waals surface area contributed by atoms with Gasteiger partial charge in [-0.05, 0) is 19.4 Å². The number of nitrogens with zero attached hydrogens (tertiary/aromatic N) is 3. The summed E-state index contributed by atoms with van der Waals surface area (Å²) < 4.78 is 29.1. The molecule has 2 saturated heterocycles. The number of ether oxygens (including phenoxy) is 3. The fraction of sp³-hybridized carbons (Fsp3) is 1.00. The molecule has 0 aromatic rings. The zero-order chi connectivity index (χ0) is 11.1. The highest BCUT2D eigenvalue weighted by Gasteiger charge is 2.55. The van der Waals surface area contributed by atoms with E-state index in [4.69, 9.17) is 19.7 Å². The summed E-state index contributed by atoms with van der Waals surface area (Å²) in [6.07, 6.45) is -3.31. The van der Waals surface area contributed by atoms with Crippen LogP contribution >= 0.6 is 0 Å². The molecule has 2 aliphatic rings. The van der Waals surface area contributed by atoms with Gasteiger partial charge in [0.2, 0.25) is 6.36 Å². The van der Waals surface area contributed by atoms with Crippen LogP contribution in [0.4, 0.5) is 4.39 Å². The topological polar surface area (TPSA) is 76.5 Å². The Bertz CT molecular complexity index is 306. The van der Waals surface area contributed by atoms with E-state index in [0.717, 1.165) is 0 Å². The van der Waals surface area contributed by atoms with Crippen LogP contribution in [0.25, 0.3) is 10.4 Å². The molecule has 0 bridgehead atoms. The molecule has 6 nitrogen and oxygen atoms in total. The molecule has 0 aliphatic carbocycles. The normalized spacial score (nSPS) is 42.3. The van der Waals surface area contributed by atoms with E-state index in [1.54, 1.807) is 13.8 Å². The Balaban J connectivity index is 2.08. The molecule has 0 amide bonds. The summed E-state index contributed by atoms with van der Waals surface area (Å²) in [4.78, 5) is 2.60. The number of halogens is 1. The van der Waals surface area contributed by atoms with E-state index in [-0.39, 0.29) is 6.54 Å². The van der Waals surface area contributed by atoms with Gasteiger partial charge >= 0.3 is 0 Å². The summed E-state index contributed by atoms with van der Waals surface area (Å²) in [5.41, 5.74) is 8.17. The van der Waals surface area contributed by atoms with Gasteiger partial charge in [0.25, 0.3) is 0 Å². The average Bonchev–Trinajstić information content (AvgIpc) is 2.60. The standard InChI is InChI=1S/C8H12FN3O3/c1-8(2)14-5-4(3-11-12-10)13-7(9)6(5)15-8/h4-7H,3H2,1-2H3/t4-,5-,6-,7+/m1/s1. The van der Waals surface area contributed by atoms with E-state index in [1.165, 1.54) is 0 Å². The second-order valence-corrected chi connectivity index (χ2v) is 4.00. The first-order chi connectivity index (χ1) is 7.03. The van der Waals surface area contributed by atoms with Crippen LogP contribution in [-0.4, -0.2) is 37.0 Å². The second-order valence-electron chi connectivity index (χ2n) is 4.00. The number of azide groups is 1. The van der Waals surface area contributed by atoms with Gasteiger partial charge in [-0.25, -0.2) is 4.39 Å². The highest BCUT2D eigenvalue weighted by Crippen LogP contribution is 2.39. The fourth-order valence-electron chi connectivity index (χ4n) is 1.89. The first-order valence-electron chi connectivity index (χ1n) is 4.69. The zero-order valence-corrected chi connectivity index (χ0v) is 8.46. The highest BCUT2D eigenvalue weighted by atomic mass is 19.1. The van der Waals surface area contributed by atoms with Gasteiger partial charge in [-0.3, -0.25) is 0 Å². The van der Waals surface area contributed by atoms with Crippen LogP contribution in [0, 0.1) is 0 Å². The molecule has 84 valence electrons. The predicted molar refractivity (Wildman–Crippen MR) is 47.6 cm³/mol. The smallest absolute Gasteiger partial charge is 0.228 e. The van der Waals surface area contributed by atoms with Crippen LogP contribution in [-0.2, 0) is 14.2 Å². The monoisotopic (exact) mass is 217 g/mol. The minimum absolute atomic E-state index is 0.0531. The lowest BCUT2D eigenvalue weighted by atomic mass is 10.1. The molecular formula is C8H12FN3O3. The third kappa shape index (κ3) is 1.91. The van der Waals surface area contributed by atoms with Crippen molar-refractivity contribution < 1.29 is 18.6 Å². The maximum absolute atomic E-state index is 13.3. The lowest BCUT2D eigenvalue weighted by molar-refractivity contribution is -0.202. The van der Waals surface area contributed by atoms with Crippen LogP contribution in [0.3, 0.4) is 0 Å². The summed E-state index contributed by atoms with van der Waals surface area (Å²) in [5.74, 6) is -0.807. The van der Waals surface area contributed by atoms with Crippen LogP contribution in [0.2, 0.25) is 0 Å². The van der Waals surface area contributed by atoms with Gasteiger partial charge < -0.3 is 14.2 Å². The van der Waals surface area contributed by atoms with E-state index in [1.807, 2.05) is 0 Å². The minimum atomic E-state index is -1.52. The average molecular weight is 217 g/mol. The third-order valence-corrected chi connectivity index (χ3v) is 2.42. The molecule has 0 spiro atoms. The SMILES string of the molecule is CC1(C)O[C@@H]2[C@H](O1)[C@@H](CN=[N+]=[N-])O[C@@H]2F. The Morgan fingerprint density at radius 1 is 1.40 bits per heavy atom. The molecule has 0 aromatic carbocycles. The summed E-state index contributed by atoms with van der Waals surface area (Å²) >= 11 is 0. The van der Waals surface area contributed by atoms with Gasteiger partial charge in [0, 0.05) is 4.91 Å². The molecule has 2 aliphatic heterocycles. The summed E-state index contributed by atoms with van der Waals surface area (Å²) in [6, 6.07) is 0. The van der Waals surface area contributed by atoms with Crippen LogP contribution in [0.5, 0.6) is 0 Å². The first-order valence-corrected chi connectivity index (χ1v) is 4.69. The van der Waals surface area contributed by atoms with Crippen molar-refractivity contribution in [3.05, 3.63) is 10.4 Å². The lowest BCUT2D eigenvalue weighted by Crippen LogP contribution is -2.31. The number of hydrogen-bond acceptors (Lipinski definition) is 4. The largest absolute Gasteiger partial charge is 0.342 e. The molecule has 7 heteroatoms. The third-order valence-electron chi connectivity index (χ3n) is 2.42. The number of hydrogen-bond donors (Lipinski definition) is 0. The van der Waals surface area contributed by atoms with Gasteiger partial charge in [-0.1, -0.05) is 5.11 Å². The number of fused-ring (bicyclic) bond motifs is 1. The molecule has 0 N–H and O–H groups in total. The van der Waals surface area contributed by atoms with Gasteiger partial charge in [0.1, 0.15) is 12.2 Å². The van der Waals surface area contributed by atoms with Gasteiger partial charge in [0.15, 0.2) is 5.79 Å². The van der Waals surface area contributed by atoms with Gasteiger partial charge in [0.05, 0.1) is 12.6 Å². The number of rotatable bonds is 2. The van der Waals surface area contributed by atoms with Crippen molar-refractivity contribution in [3.8, 4) is 0 Å². The Hall–Kier alpha value is -0.880. The fourth-order valence-corrected chi connectivity index (χ4v) is 1.89. The predicted octanol–water partition coefficient (Wildman–Crippen LogP) is 1.51. The lowest BCUT2D eigenvalue weighted by Gasteiger charge is -2.21. The Labute approximate surface area is 85.9 Å². The van der Waals surface area contributed by atoms with Crippen molar-refractivity contribution >= 4 is 0 Å². The molecule has 15 heavy (non-hydrogen) atoms. The summed E-state index contributed by atoms with van der Waals surface area (Å²) in [6.45, 7) is 3.48. The quantitative estimate of drug-likeness (QED) is 0.399. The highest BCUT2D eigenvalue weighted by molar-refractivity contribution is 4.95. The molecule has 2 fully saturated rings. The van der Waals surface area contributed by atoms with Crippen molar-refractivity contribution in [2.24, 2.45) is 5.11 Å². The van der Waals surface area contributed by atoms with E-state index in [2.05, 4.69) is 10.0 Å². The molecule has 4 atom stereocenters. The van der Waals surface area contributed by atoms with Crippen molar-refractivity contribution in [3.63, 3.8) is 0 Å². The van der Waals surface area contributed by atoms with Crippen molar-refractivity contribution in [1.29, 1.82) is 0 Å². The van der Waals surface area contributed by atoms with E-state index >= 15 is 0 Å². The Kier molecular flexibility index (Phi) is 2.56. The molecule has 0 aromatic heterocycles. The maximum Gasteiger partial charge on any atom is 0.228 e. The maximum atomic E-state index is 13.3. The van der Waals surface area contributed by atoms with Crippen molar-refractivity contribution in [2.45, 2.75) is 44.3 Å². The first kappa shape index (κ1) is 10.6. The molecule has 0 saturated carbocycles. The molecular weight excluding hydrogens is 205 g/mol. The Morgan fingerprint density at radius 3 is 2.73 bits per heavy atom. The summed E-state index contributed by atoms with van der Waals surface area (Å²) in [7, 11) is 0.